The van der Waals surface area contributed by atoms with Crippen LogP contribution in [-0.2, 0) is 15.6 Å². The number of anilines is 1. The molecule has 3 N–H and O–H groups in total. The van der Waals surface area contributed by atoms with Gasteiger partial charge in [-0.25, -0.2) is 9.52 Å². The molecule has 2 amide bonds. The molecule has 0 aliphatic heterocycles. The average Bonchev–Trinajstić information content (AvgIpc) is 2.97. The number of aliphatic hydroxyl groups is 1. The van der Waals surface area contributed by atoms with E-state index in [1.807, 2.05) is 0 Å². The van der Waals surface area contributed by atoms with Crippen LogP contribution >= 0.6 is 0 Å². The number of sulfonamides is 1. The molecular formula is C14H15N3NaO7S+. The van der Waals surface area contributed by atoms with E-state index in [0.29, 0.717) is 0 Å². The normalized spacial score (nSPS) is 11.3. The van der Waals surface area contributed by atoms with Crippen LogP contribution in [0.15, 0.2) is 46.1 Å². The topological polar surface area (TPSA) is 152 Å². The van der Waals surface area contributed by atoms with E-state index < -0.39 is 31.7 Å². The molecule has 26 heavy (non-hydrogen) atoms. The standard InChI is InChI=1S/C14H15N3O7S.Na/c1-14(2,19)9-7-12(24-8-9)25(22,23)16-13(18)15-10-3-5-11(6-4-10)17(20)21;/h3-8,19H,1-2H3,(H2,15,16,18);/q;+1. The van der Waals surface area contributed by atoms with Gasteiger partial charge in [0.2, 0.25) is 5.09 Å². The molecule has 0 spiro atoms. The van der Waals surface area contributed by atoms with Gasteiger partial charge < -0.3 is 14.8 Å². The number of carbonyl (C=O) groups excluding carboxylic acids is 1. The Morgan fingerprint density at radius 3 is 2.31 bits per heavy atom. The molecular weight excluding hydrogens is 377 g/mol. The third-order valence-corrected chi connectivity index (χ3v) is 4.31. The first kappa shape index (κ1) is 22.1. The van der Waals surface area contributed by atoms with Gasteiger partial charge in [0.25, 0.3) is 15.7 Å². The maximum absolute atomic E-state index is 12.1. The van der Waals surface area contributed by atoms with E-state index in [-0.39, 0.29) is 46.5 Å². The van der Waals surface area contributed by atoms with E-state index in [1.165, 1.54) is 26.0 Å². The summed E-state index contributed by atoms with van der Waals surface area (Å²) in [6.07, 6.45) is 1.07. The molecule has 0 unspecified atom stereocenters. The summed E-state index contributed by atoms with van der Waals surface area (Å²) in [4.78, 5) is 21.7. The zero-order valence-corrected chi connectivity index (χ0v) is 17.0. The number of nitro groups is 1. The third kappa shape index (κ3) is 5.54. The minimum absolute atomic E-state index is 0. The van der Waals surface area contributed by atoms with Crippen molar-refractivity contribution in [3.05, 3.63) is 52.3 Å². The molecule has 0 atom stereocenters. The first-order valence-corrected chi connectivity index (χ1v) is 8.37. The molecule has 1 heterocycles. The largest absolute Gasteiger partial charge is 1.00 e. The number of benzene rings is 1. The van der Waals surface area contributed by atoms with Crippen LogP contribution in [0.5, 0.6) is 0 Å². The number of nitrogens with zero attached hydrogens (tertiary/aromatic N) is 1. The second kappa shape index (κ2) is 8.18. The number of urea groups is 1. The Balaban J connectivity index is 0.00000338. The molecule has 0 aliphatic rings. The molecule has 1 aromatic carbocycles. The van der Waals surface area contributed by atoms with Crippen LogP contribution in [0.2, 0.25) is 0 Å². The summed E-state index contributed by atoms with van der Waals surface area (Å²) in [7, 11) is -4.29. The summed E-state index contributed by atoms with van der Waals surface area (Å²) >= 11 is 0. The number of nitrogens with one attached hydrogen (secondary N) is 2. The smallest absolute Gasteiger partial charge is 0.451 e. The third-order valence-electron chi connectivity index (χ3n) is 3.11. The van der Waals surface area contributed by atoms with Crippen LogP contribution in [0.3, 0.4) is 0 Å². The minimum atomic E-state index is -4.29. The molecule has 134 valence electrons. The van der Waals surface area contributed by atoms with Gasteiger partial charge in [-0.15, -0.1) is 0 Å². The molecule has 1 aromatic heterocycles. The molecule has 2 rings (SSSR count). The van der Waals surface area contributed by atoms with Crippen molar-refractivity contribution in [3.8, 4) is 0 Å². The number of furan rings is 1. The Morgan fingerprint density at radius 1 is 1.27 bits per heavy atom. The SMILES string of the molecule is CC(C)(O)c1coc(S(=O)(=O)NC(=O)Nc2ccc([N+](=O)[O-])cc2)c1.[Na+]. The van der Waals surface area contributed by atoms with Gasteiger partial charge >= 0.3 is 35.6 Å². The predicted octanol–water partition coefficient (Wildman–Crippen LogP) is -1.07. The summed E-state index contributed by atoms with van der Waals surface area (Å²) in [6, 6.07) is 4.85. The fourth-order valence-corrected chi connectivity index (χ4v) is 2.63. The number of non-ortho nitro benzene ring substituents is 1. The quantitative estimate of drug-likeness (QED) is 0.333. The number of hydrogen-bond donors (Lipinski definition) is 3. The molecule has 0 fully saturated rings. The number of amides is 2. The summed E-state index contributed by atoms with van der Waals surface area (Å²) in [5.41, 5.74) is -1.09. The first-order valence-electron chi connectivity index (χ1n) is 6.89. The van der Waals surface area contributed by atoms with Gasteiger partial charge in [-0.2, -0.15) is 8.42 Å². The minimum Gasteiger partial charge on any atom is -0.451 e. The summed E-state index contributed by atoms with van der Waals surface area (Å²) < 4.78 is 30.8. The van der Waals surface area contributed by atoms with Crippen LogP contribution in [-0.4, -0.2) is 24.5 Å². The van der Waals surface area contributed by atoms with Crippen molar-refractivity contribution in [2.75, 3.05) is 5.32 Å². The van der Waals surface area contributed by atoms with Gasteiger partial charge in [-0.05, 0) is 26.0 Å². The van der Waals surface area contributed by atoms with E-state index in [0.717, 1.165) is 24.5 Å². The van der Waals surface area contributed by atoms with E-state index in [4.69, 9.17) is 4.42 Å². The molecule has 0 radical (unpaired) electrons. The fourth-order valence-electron chi connectivity index (χ4n) is 1.77. The fraction of sp³-hybridized carbons (Fsp3) is 0.214. The summed E-state index contributed by atoms with van der Waals surface area (Å²) in [6.45, 7) is 2.89. The second-order valence-corrected chi connectivity index (χ2v) is 7.19. The summed E-state index contributed by atoms with van der Waals surface area (Å²) in [5.74, 6) is 0. The van der Waals surface area contributed by atoms with Crippen molar-refractivity contribution in [2.24, 2.45) is 0 Å². The van der Waals surface area contributed by atoms with E-state index >= 15 is 0 Å². The van der Waals surface area contributed by atoms with Crippen molar-refractivity contribution in [2.45, 2.75) is 24.5 Å². The van der Waals surface area contributed by atoms with Crippen molar-refractivity contribution in [3.63, 3.8) is 0 Å². The van der Waals surface area contributed by atoms with Gasteiger partial charge in [0, 0.05) is 29.4 Å². The van der Waals surface area contributed by atoms with Crippen LogP contribution < -0.4 is 39.6 Å². The van der Waals surface area contributed by atoms with E-state index in [9.17, 15) is 28.4 Å². The zero-order valence-electron chi connectivity index (χ0n) is 14.2. The molecule has 0 saturated heterocycles. The Hall–Kier alpha value is -1.92. The maximum atomic E-state index is 12.1. The van der Waals surface area contributed by atoms with Crippen LogP contribution in [0.4, 0.5) is 16.2 Å². The van der Waals surface area contributed by atoms with Crippen molar-refractivity contribution in [1.29, 1.82) is 0 Å². The maximum Gasteiger partial charge on any atom is 1.00 e. The van der Waals surface area contributed by atoms with Gasteiger partial charge in [0.15, 0.2) is 0 Å². The van der Waals surface area contributed by atoms with Crippen LogP contribution in [0.1, 0.15) is 19.4 Å². The molecule has 0 bridgehead atoms. The summed E-state index contributed by atoms with van der Waals surface area (Å²) in [5, 5.41) is 22.0. The van der Waals surface area contributed by atoms with Gasteiger partial charge in [-0.3, -0.25) is 10.1 Å². The Bertz CT molecular complexity index is 901. The monoisotopic (exact) mass is 392 g/mol. The number of nitro benzene ring substituents is 1. The number of rotatable bonds is 5. The number of hydrogen-bond acceptors (Lipinski definition) is 7. The van der Waals surface area contributed by atoms with Crippen LogP contribution in [0.25, 0.3) is 0 Å². The molecule has 0 saturated carbocycles. The Labute approximate surface area is 171 Å². The van der Waals surface area contributed by atoms with E-state index in [2.05, 4.69) is 5.32 Å². The van der Waals surface area contributed by atoms with E-state index in [1.54, 1.807) is 4.72 Å². The Morgan fingerprint density at radius 2 is 1.85 bits per heavy atom. The number of carbonyl (C=O) groups is 1. The Kier molecular flexibility index (Phi) is 6.96. The second-order valence-electron chi connectivity index (χ2n) is 5.58. The van der Waals surface area contributed by atoms with Gasteiger partial charge in [0.1, 0.15) is 0 Å². The molecule has 10 nitrogen and oxygen atoms in total. The molecule has 12 heteroatoms. The average molecular weight is 392 g/mol. The van der Waals surface area contributed by atoms with Crippen molar-refractivity contribution in [1.82, 2.24) is 4.72 Å². The molecule has 2 aromatic rings. The zero-order chi connectivity index (χ0) is 18.8. The first-order chi connectivity index (χ1) is 11.5. The van der Waals surface area contributed by atoms with Crippen molar-refractivity contribution >= 4 is 27.4 Å². The van der Waals surface area contributed by atoms with Crippen LogP contribution in [0, 0.1) is 10.1 Å². The molecule has 0 aliphatic carbocycles. The van der Waals surface area contributed by atoms with Gasteiger partial charge in [0.05, 0.1) is 16.8 Å². The van der Waals surface area contributed by atoms with Crippen molar-refractivity contribution < 1.29 is 57.2 Å². The van der Waals surface area contributed by atoms with Gasteiger partial charge in [-0.1, -0.05) is 0 Å². The predicted molar refractivity (Wildman–Crippen MR) is 86.4 cm³/mol.